The fraction of sp³-hybridized carbons (Fsp3) is 0.400. The zero-order valence-corrected chi connectivity index (χ0v) is 10.5. The molecule has 0 aliphatic heterocycles. The molecule has 2 heterocycles. The number of imidazole rings is 1. The van der Waals surface area contributed by atoms with Gasteiger partial charge in [0.25, 0.3) is 0 Å². The largest absolute Gasteiger partial charge is 0.328 e. The molecule has 0 bridgehead atoms. The molecule has 0 aliphatic carbocycles. The van der Waals surface area contributed by atoms with Crippen LogP contribution < -0.4 is 5.69 Å². The summed E-state index contributed by atoms with van der Waals surface area (Å²) in [5, 5.41) is 0. The summed E-state index contributed by atoms with van der Waals surface area (Å²) >= 11 is 7.14. The predicted molar refractivity (Wildman–Crippen MR) is 65.2 cm³/mol. The molecule has 0 aromatic carbocycles. The first-order valence-electron chi connectivity index (χ1n) is 5.06. The number of halogens is 1. The van der Waals surface area contributed by atoms with E-state index >= 15 is 0 Å². The first-order chi connectivity index (χ1) is 7.70. The standard InChI is InChI=1S/C10H12ClN3OS/c1-2-3-13-4-5-14(10(13)15)7-8-6-12-9(11)16-8/h4-6H,2-3,7H2,1H3. The second kappa shape index (κ2) is 4.84. The Balaban J connectivity index is 2.19. The molecule has 0 saturated heterocycles. The Morgan fingerprint density at radius 1 is 1.44 bits per heavy atom. The van der Waals surface area contributed by atoms with Gasteiger partial charge in [0.1, 0.15) is 0 Å². The van der Waals surface area contributed by atoms with Crippen molar-refractivity contribution >= 4 is 22.9 Å². The molecule has 0 amide bonds. The van der Waals surface area contributed by atoms with Crippen molar-refractivity contribution < 1.29 is 0 Å². The van der Waals surface area contributed by atoms with E-state index in [0.29, 0.717) is 11.0 Å². The molecule has 0 saturated carbocycles. The van der Waals surface area contributed by atoms with Gasteiger partial charge in [-0.25, -0.2) is 9.78 Å². The minimum atomic E-state index is 0.0198. The van der Waals surface area contributed by atoms with E-state index in [2.05, 4.69) is 4.98 Å². The molecule has 0 aliphatic rings. The molecule has 4 nitrogen and oxygen atoms in total. The van der Waals surface area contributed by atoms with Crippen LogP contribution >= 0.6 is 22.9 Å². The van der Waals surface area contributed by atoms with Crippen LogP contribution in [0.4, 0.5) is 0 Å². The van der Waals surface area contributed by atoms with Crippen molar-refractivity contribution in [2.45, 2.75) is 26.4 Å². The van der Waals surface area contributed by atoms with Crippen LogP contribution in [0.15, 0.2) is 23.4 Å². The van der Waals surface area contributed by atoms with Crippen LogP contribution in [-0.2, 0) is 13.1 Å². The Kier molecular flexibility index (Phi) is 3.46. The van der Waals surface area contributed by atoms with Gasteiger partial charge in [0.15, 0.2) is 4.47 Å². The van der Waals surface area contributed by atoms with Crippen LogP contribution in [0.25, 0.3) is 0 Å². The van der Waals surface area contributed by atoms with Gasteiger partial charge in [-0.15, -0.1) is 11.3 Å². The maximum absolute atomic E-state index is 11.8. The highest BCUT2D eigenvalue weighted by atomic mass is 35.5. The van der Waals surface area contributed by atoms with Gasteiger partial charge in [0.2, 0.25) is 0 Å². The molecule has 2 rings (SSSR count). The molecule has 0 fully saturated rings. The molecule has 0 spiro atoms. The van der Waals surface area contributed by atoms with Crippen molar-refractivity contribution in [3.8, 4) is 0 Å². The van der Waals surface area contributed by atoms with Crippen LogP contribution in [-0.4, -0.2) is 14.1 Å². The number of rotatable bonds is 4. The van der Waals surface area contributed by atoms with Crippen LogP contribution in [0.2, 0.25) is 4.47 Å². The molecule has 16 heavy (non-hydrogen) atoms. The van der Waals surface area contributed by atoms with Gasteiger partial charge in [-0.05, 0) is 6.42 Å². The summed E-state index contributed by atoms with van der Waals surface area (Å²) in [6.07, 6.45) is 6.27. The average Bonchev–Trinajstić information content (AvgIpc) is 2.80. The van der Waals surface area contributed by atoms with Gasteiger partial charge in [-0.1, -0.05) is 18.5 Å². The summed E-state index contributed by atoms with van der Waals surface area (Å²) in [6, 6.07) is 0. The maximum Gasteiger partial charge on any atom is 0.328 e. The summed E-state index contributed by atoms with van der Waals surface area (Å²) in [5.41, 5.74) is 0.0198. The number of nitrogens with zero attached hydrogens (tertiary/aromatic N) is 3. The van der Waals surface area contributed by atoms with Crippen molar-refractivity contribution in [3.63, 3.8) is 0 Å². The Bertz CT molecular complexity index is 528. The van der Waals surface area contributed by atoms with Gasteiger partial charge in [-0.3, -0.25) is 9.13 Å². The van der Waals surface area contributed by atoms with Crippen molar-refractivity contribution in [2.24, 2.45) is 0 Å². The number of thiazole rings is 1. The normalized spacial score (nSPS) is 10.9. The molecule has 86 valence electrons. The third-order valence-electron chi connectivity index (χ3n) is 2.23. The van der Waals surface area contributed by atoms with E-state index in [-0.39, 0.29) is 5.69 Å². The van der Waals surface area contributed by atoms with E-state index in [4.69, 9.17) is 11.6 Å². The van der Waals surface area contributed by atoms with E-state index in [9.17, 15) is 4.79 Å². The average molecular weight is 258 g/mol. The fourth-order valence-corrected chi connectivity index (χ4v) is 2.49. The summed E-state index contributed by atoms with van der Waals surface area (Å²) in [7, 11) is 0. The molecule has 2 aromatic heterocycles. The Labute approximate surface area is 102 Å². The zero-order valence-electron chi connectivity index (χ0n) is 8.89. The lowest BCUT2D eigenvalue weighted by molar-refractivity contribution is 0.625. The number of hydrogen-bond donors (Lipinski definition) is 0. The van der Waals surface area contributed by atoms with Crippen molar-refractivity contribution in [2.75, 3.05) is 0 Å². The van der Waals surface area contributed by atoms with Crippen molar-refractivity contribution in [1.82, 2.24) is 14.1 Å². The minimum Gasteiger partial charge on any atom is -0.299 e. The topological polar surface area (TPSA) is 39.8 Å². The van der Waals surface area contributed by atoms with Gasteiger partial charge in [0, 0.05) is 30.0 Å². The molecule has 0 N–H and O–H groups in total. The first-order valence-corrected chi connectivity index (χ1v) is 6.26. The fourth-order valence-electron chi connectivity index (χ4n) is 1.51. The number of hydrogen-bond acceptors (Lipinski definition) is 3. The second-order valence-corrected chi connectivity index (χ2v) is 5.18. The molecular formula is C10H12ClN3OS. The predicted octanol–water partition coefficient (Wildman–Crippen LogP) is 2.22. The molecular weight excluding hydrogens is 246 g/mol. The van der Waals surface area contributed by atoms with Gasteiger partial charge in [0.05, 0.1) is 6.54 Å². The lowest BCUT2D eigenvalue weighted by atomic mass is 10.5. The van der Waals surface area contributed by atoms with Gasteiger partial charge < -0.3 is 0 Å². The SMILES string of the molecule is CCCn1ccn(Cc2cnc(Cl)s2)c1=O. The Morgan fingerprint density at radius 3 is 2.81 bits per heavy atom. The quantitative estimate of drug-likeness (QED) is 0.843. The van der Waals surface area contributed by atoms with Gasteiger partial charge >= 0.3 is 5.69 Å². The summed E-state index contributed by atoms with van der Waals surface area (Å²) in [6.45, 7) is 3.35. The van der Waals surface area contributed by atoms with Crippen LogP contribution in [0, 0.1) is 0 Å². The molecule has 0 unspecified atom stereocenters. The summed E-state index contributed by atoms with van der Waals surface area (Å²) < 4.78 is 3.89. The van der Waals surface area contributed by atoms with E-state index < -0.39 is 0 Å². The molecule has 0 atom stereocenters. The van der Waals surface area contributed by atoms with Crippen LogP contribution in [0.5, 0.6) is 0 Å². The highest BCUT2D eigenvalue weighted by Gasteiger charge is 2.05. The number of aryl methyl sites for hydroxylation is 1. The highest BCUT2D eigenvalue weighted by molar-refractivity contribution is 7.15. The van der Waals surface area contributed by atoms with E-state index in [1.807, 2.05) is 13.1 Å². The van der Waals surface area contributed by atoms with E-state index in [1.165, 1.54) is 11.3 Å². The van der Waals surface area contributed by atoms with Crippen molar-refractivity contribution in [1.29, 1.82) is 0 Å². The third kappa shape index (κ3) is 2.36. The van der Waals surface area contributed by atoms with Crippen LogP contribution in [0.3, 0.4) is 0 Å². The smallest absolute Gasteiger partial charge is 0.299 e. The van der Waals surface area contributed by atoms with E-state index in [1.54, 1.807) is 21.5 Å². The second-order valence-electron chi connectivity index (χ2n) is 3.48. The van der Waals surface area contributed by atoms with Crippen LogP contribution in [0.1, 0.15) is 18.2 Å². The number of aromatic nitrogens is 3. The first kappa shape index (κ1) is 11.4. The Hall–Kier alpha value is -1.07. The zero-order chi connectivity index (χ0) is 11.5. The maximum atomic E-state index is 11.8. The molecule has 2 aromatic rings. The highest BCUT2D eigenvalue weighted by Crippen LogP contribution is 2.18. The summed E-state index contributed by atoms with van der Waals surface area (Å²) in [5.74, 6) is 0. The van der Waals surface area contributed by atoms with Gasteiger partial charge in [-0.2, -0.15) is 0 Å². The minimum absolute atomic E-state index is 0.0198. The Morgan fingerprint density at radius 2 is 2.19 bits per heavy atom. The lowest BCUT2D eigenvalue weighted by Crippen LogP contribution is -2.24. The molecule has 0 radical (unpaired) electrons. The van der Waals surface area contributed by atoms with E-state index in [0.717, 1.165) is 17.8 Å². The lowest BCUT2D eigenvalue weighted by Gasteiger charge is -1.98. The monoisotopic (exact) mass is 257 g/mol. The third-order valence-corrected chi connectivity index (χ3v) is 3.33. The van der Waals surface area contributed by atoms with Crippen molar-refractivity contribution in [3.05, 3.63) is 38.4 Å². The molecule has 6 heteroatoms. The summed E-state index contributed by atoms with van der Waals surface area (Å²) in [4.78, 5) is 16.8.